The fraction of sp³-hybridized carbons (Fsp3) is 0.412. The Morgan fingerprint density at radius 2 is 2.33 bits per heavy atom. The molecule has 1 amide bonds. The van der Waals surface area contributed by atoms with Crippen LogP contribution in [0.5, 0.6) is 0 Å². The monoisotopic (exact) mass is 332 g/mol. The van der Waals surface area contributed by atoms with Gasteiger partial charge in [0.15, 0.2) is 0 Å². The largest absolute Gasteiger partial charge is 0.383 e. The summed E-state index contributed by atoms with van der Waals surface area (Å²) in [6.45, 7) is 3.08. The summed E-state index contributed by atoms with van der Waals surface area (Å²) < 4.78 is 20.7. The fourth-order valence-electron chi connectivity index (χ4n) is 2.99. The minimum Gasteiger partial charge on any atom is -0.383 e. The van der Waals surface area contributed by atoms with E-state index in [1.54, 1.807) is 25.4 Å². The maximum absolute atomic E-state index is 13.6. The number of ether oxygens (including phenoxy) is 1. The first-order valence-electron chi connectivity index (χ1n) is 7.95. The third-order valence-electron chi connectivity index (χ3n) is 4.16. The van der Waals surface area contributed by atoms with E-state index in [0.29, 0.717) is 38.3 Å². The lowest BCUT2D eigenvalue weighted by Gasteiger charge is -2.35. The highest BCUT2D eigenvalue weighted by molar-refractivity contribution is 5.83. The molecule has 0 saturated carbocycles. The van der Waals surface area contributed by atoms with Crippen LogP contribution in [0.25, 0.3) is 0 Å². The highest BCUT2D eigenvalue weighted by atomic mass is 19.1. The summed E-state index contributed by atoms with van der Waals surface area (Å²) in [6, 6.07) is 5.70. The number of piperazine rings is 1. The number of benzene rings is 1. The topological polar surface area (TPSA) is 59.4 Å². The molecular weight excluding hydrogens is 311 g/mol. The van der Waals surface area contributed by atoms with Gasteiger partial charge < -0.3 is 14.6 Å². The molecule has 1 N–H and O–H groups in total. The number of imidazole rings is 1. The van der Waals surface area contributed by atoms with Gasteiger partial charge in [0.25, 0.3) is 0 Å². The Morgan fingerprint density at radius 3 is 3.12 bits per heavy atom. The molecule has 1 unspecified atom stereocenters. The Hall–Kier alpha value is -2.25. The smallest absolute Gasteiger partial charge is 0.242 e. The van der Waals surface area contributed by atoms with Crippen molar-refractivity contribution in [1.29, 1.82) is 0 Å². The molecule has 1 atom stereocenters. The summed E-state index contributed by atoms with van der Waals surface area (Å²) in [5.41, 5.74) is 0.655. The Kier molecular flexibility index (Phi) is 5.22. The summed E-state index contributed by atoms with van der Waals surface area (Å²) >= 11 is 0. The molecule has 3 rings (SSSR count). The van der Waals surface area contributed by atoms with Gasteiger partial charge in [0, 0.05) is 39.1 Å². The summed E-state index contributed by atoms with van der Waals surface area (Å²) in [7, 11) is 1.66. The van der Waals surface area contributed by atoms with E-state index in [4.69, 9.17) is 4.74 Å². The summed E-state index contributed by atoms with van der Waals surface area (Å²) in [5, 5.41) is 2.86. The molecule has 2 heterocycles. The SMILES string of the molecule is COCCn1ccnc1CN1CCNC(=O)C1c1cccc(F)c1. The summed E-state index contributed by atoms with van der Waals surface area (Å²) in [5.74, 6) is 0.414. The number of nitrogens with zero attached hydrogens (tertiary/aromatic N) is 3. The number of methoxy groups -OCH3 is 1. The van der Waals surface area contributed by atoms with Crippen LogP contribution < -0.4 is 5.32 Å². The van der Waals surface area contributed by atoms with Gasteiger partial charge in [0.2, 0.25) is 5.91 Å². The van der Waals surface area contributed by atoms with Crippen molar-refractivity contribution in [1.82, 2.24) is 19.8 Å². The van der Waals surface area contributed by atoms with Gasteiger partial charge in [-0.25, -0.2) is 9.37 Å². The normalized spacial score (nSPS) is 18.6. The van der Waals surface area contributed by atoms with Gasteiger partial charge in [-0.05, 0) is 17.7 Å². The van der Waals surface area contributed by atoms with Gasteiger partial charge in [-0.3, -0.25) is 9.69 Å². The number of rotatable bonds is 6. The van der Waals surface area contributed by atoms with Crippen LogP contribution in [0.3, 0.4) is 0 Å². The van der Waals surface area contributed by atoms with E-state index in [1.165, 1.54) is 12.1 Å². The average molecular weight is 332 g/mol. The molecule has 24 heavy (non-hydrogen) atoms. The predicted molar refractivity (Wildman–Crippen MR) is 86.7 cm³/mol. The number of aromatic nitrogens is 2. The highest BCUT2D eigenvalue weighted by Gasteiger charge is 2.32. The van der Waals surface area contributed by atoms with Crippen LogP contribution in [0, 0.1) is 5.82 Å². The molecule has 0 radical (unpaired) electrons. The molecule has 1 saturated heterocycles. The van der Waals surface area contributed by atoms with Crippen molar-refractivity contribution in [3.05, 3.63) is 53.9 Å². The van der Waals surface area contributed by atoms with Gasteiger partial charge in [-0.1, -0.05) is 12.1 Å². The minimum atomic E-state index is -0.512. The number of hydrogen-bond acceptors (Lipinski definition) is 4. The summed E-state index contributed by atoms with van der Waals surface area (Å²) in [6.07, 6.45) is 3.64. The van der Waals surface area contributed by atoms with E-state index in [2.05, 4.69) is 10.3 Å². The Balaban J connectivity index is 1.82. The van der Waals surface area contributed by atoms with Gasteiger partial charge in [-0.15, -0.1) is 0 Å². The van der Waals surface area contributed by atoms with Crippen LogP contribution >= 0.6 is 0 Å². The molecule has 1 aromatic carbocycles. The van der Waals surface area contributed by atoms with E-state index in [0.717, 1.165) is 5.82 Å². The molecule has 0 spiro atoms. The van der Waals surface area contributed by atoms with Crippen LogP contribution in [0.4, 0.5) is 4.39 Å². The highest BCUT2D eigenvalue weighted by Crippen LogP contribution is 2.25. The van der Waals surface area contributed by atoms with Crippen LogP contribution in [0.15, 0.2) is 36.7 Å². The molecule has 2 aromatic rings. The maximum Gasteiger partial charge on any atom is 0.242 e. The van der Waals surface area contributed by atoms with Gasteiger partial charge in [-0.2, -0.15) is 0 Å². The number of halogens is 1. The van der Waals surface area contributed by atoms with Crippen molar-refractivity contribution in [2.75, 3.05) is 26.8 Å². The molecule has 7 heteroatoms. The first-order chi connectivity index (χ1) is 11.7. The Bertz CT molecular complexity index is 703. The quantitative estimate of drug-likeness (QED) is 0.867. The first kappa shape index (κ1) is 16.6. The molecule has 0 aliphatic carbocycles. The van der Waals surface area contributed by atoms with Gasteiger partial charge >= 0.3 is 0 Å². The second-order valence-corrected chi connectivity index (χ2v) is 5.75. The van der Waals surface area contributed by atoms with Crippen LogP contribution in [0.1, 0.15) is 17.4 Å². The standard InChI is InChI=1S/C17H21FN4O2/c1-24-10-9-21-7-5-19-15(21)12-22-8-6-20-17(23)16(22)13-3-2-4-14(18)11-13/h2-5,7,11,16H,6,8-10,12H2,1H3,(H,20,23). The zero-order valence-electron chi connectivity index (χ0n) is 13.6. The van der Waals surface area contributed by atoms with E-state index < -0.39 is 6.04 Å². The van der Waals surface area contributed by atoms with E-state index >= 15 is 0 Å². The lowest BCUT2D eigenvalue weighted by molar-refractivity contribution is -0.129. The van der Waals surface area contributed by atoms with Crippen molar-refractivity contribution in [3.63, 3.8) is 0 Å². The third-order valence-corrected chi connectivity index (χ3v) is 4.16. The zero-order valence-corrected chi connectivity index (χ0v) is 13.6. The molecule has 1 fully saturated rings. The second-order valence-electron chi connectivity index (χ2n) is 5.75. The number of hydrogen-bond donors (Lipinski definition) is 1. The third kappa shape index (κ3) is 3.63. The zero-order chi connectivity index (χ0) is 16.9. The molecule has 6 nitrogen and oxygen atoms in total. The lowest BCUT2D eigenvalue weighted by Crippen LogP contribution is -2.49. The fourth-order valence-corrected chi connectivity index (χ4v) is 2.99. The molecule has 1 aliphatic rings. The molecule has 0 bridgehead atoms. The molecule has 128 valence electrons. The van der Waals surface area contributed by atoms with Crippen molar-refractivity contribution < 1.29 is 13.9 Å². The number of carbonyl (C=O) groups is 1. The van der Waals surface area contributed by atoms with E-state index in [9.17, 15) is 9.18 Å². The maximum atomic E-state index is 13.6. The van der Waals surface area contributed by atoms with Crippen LogP contribution in [-0.4, -0.2) is 47.2 Å². The Morgan fingerprint density at radius 1 is 1.46 bits per heavy atom. The van der Waals surface area contributed by atoms with Crippen molar-refractivity contribution in [2.45, 2.75) is 19.1 Å². The number of amides is 1. The Labute approximate surface area is 140 Å². The van der Waals surface area contributed by atoms with Crippen LogP contribution in [0.2, 0.25) is 0 Å². The van der Waals surface area contributed by atoms with Gasteiger partial charge in [0.1, 0.15) is 17.7 Å². The lowest BCUT2D eigenvalue weighted by atomic mass is 10.0. The van der Waals surface area contributed by atoms with E-state index in [-0.39, 0.29) is 11.7 Å². The second kappa shape index (κ2) is 7.55. The van der Waals surface area contributed by atoms with Crippen molar-refractivity contribution in [2.24, 2.45) is 0 Å². The summed E-state index contributed by atoms with van der Waals surface area (Å²) in [4.78, 5) is 18.8. The minimum absolute atomic E-state index is 0.109. The molecular formula is C17H21FN4O2. The molecule has 1 aliphatic heterocycles. The predicted octanol–water partition coefficient (Wildman–Crippen LogP) is 1.34. The van der Waals surface area contributed by atoms with E-state index in [1.807, 2.05) is 15.7 Å². The van der Waals surface area contributed by atoms with Crippen molar-refractivity contribution >= 4 is 5.91 Å². The number of carbonyl (C=O) groups excluding carboxylic acids is 1. The van der Waals surface area contributed by atoms with Gasteiger partial charge in [0.05, 0.1) is 13.2 Å². The number of nitrogens with one attached hydrogen (secondary N) is 1. The van der Waals surface area contributed by atoms with Crippen LogP contribution in [-0.2, 0) is 22.6 Å². The van der Waals surface area contributed by atoms with Crippen molar-refractivity contribution in [3.8, 4) is 0 Å². The molecule has 1 aromatic heterocycles. The first-order valence-corrected chi connectivity index (χ1v) is 7.95. The average Bonchev–Trinajstić information content (AvgIpc) is 3.00.